The van der Waals surface area contributed by atoms with E-state index in [1.54, 1.807) is 37.3 Å². The van der Waals surface area contributed by atoms with Crippen LogP contribution in [0.25, 0.3) is 0 Å². The minimum Gasteiger partial charge on any atom is -0.352 e. The van der Waals surface area contributed by atoms with Crippen LogP contribution in [0.3, 0.4) is 0 Å². The zero-order chi connectivity index (χ0) is 33.4. The van der Waals surface area contributed by atoms with Gasteiger partial charge in [0, 0.05) is 24.0 Å². The molecule has 4 rings (SSSR count). The van der Waals surface area contributed by atoms with Crippen molar-refractivity contribution in [3.8, 4) is 0 Å². The summed E-state index contributed by atoms with van der Waals surface area (Å²) in [6.07, 6.45) is 0.966. The van der Waals surface area contributed by atoms with Crippen molar-refractivity contribution in [2.45, 2.75) is 71.0 Å². The SMILES string of the molecule is CC[C@H](C)NC(=O)[C@H](Cc1ccccc1)N(Cc1ccc(C)cc1)C(=O)CN(c1cccc(Cl)c1C)S(=O)(=O)c1ccc(C)cc1. The molecule has 0 saturated heterocycles. The van der Waals surface area contributed by atoms with Gasteiger partial charge in [0.15, 0.2) is 0 Å². The van der Waals surface area contributed by atoms with Gasteiger partial charge in [0.05, 0.1) is 10.6 Å². The summed E-state index contributed by atoms with van der Waals surface area (Å²) in [7, 11) is -4.22. The van der Waals surface area contributed by atoms with Crippen molar-refractivity contribution in [2.24, 2.45) is 0 Å². The van der Waals surface area contributed by atoms with Crippen LogP contribution in [0.15, 0.2) is 102 Å². The monoisotopic (exact) mass is 659 g/mol. The zero-order valence-electron chi connectivity index (χ0n) is 27.0. The van der Waals surface area contributed by atoms with Gasteiger partial charge in [-0.05, 0) is 75.1 Å². The van der Waals surface area contributed by atoms with E-state index in [-0.39, 0.29) is 29.8 Å². The van der Waals surface area contributed by atoms with Gasteiger partial charge in [-0.2, -0.15) is 0 Å². The van der Waals surface area contributed by atoms with Crippen LogP contribution in [-0.2, 0) is 32.6 Å². The van der Waals surface area contributed by atoms with Gasteiger partial charge in [-0.15, -0.1) is 0 Å². The van der Waals surface area contributed by atoms with Crippen molar-refractivity contribution in [1.82, 2.24) is 10.2 Å². The Bertz CT molecular complexity index is 1740. The Labute approximate surface area is 278 Å². The molecule has 0 aliphatic heterocycles. The Hall–Kier alpha value is -4.14. The van der Waals surface area contributed by atoms with Gasteiger partial charge in [0.1, 0.15) is 12.6 Å². The predicted octanol–water partition coefficient (Wildman–Crippen LogP) is 7.02. The number of sulfonamides is 1. The number of halogens is 1. The average molecular weight is 660 g/mol. The lowest BCUT2D eigenvalue weighted by atomic mass is 10.0. The Morgan fingerprint density at radius 3 is 2.02 bits per heavy atom. The molecule has 7 nitrogen and oxygen atoms in total. The fourth-order valence-electron chi connectivity index (χ4n) is 5.10. The fraction of sp³-hybridized carbons (Fsp3) is 0.297. The number of nitrogens with zero attached hydrogens (tertiary/aromatic N) is 2. The van der Waals surface area contributed by atoms with Crippen LogP contribution in [0.2, 0.25) is 5.02 Å². The number of benzene rings is 4. The van der Waals surface area contributed by atoms with Crippen LogP contribution in [0.5, 0.6) is 0 Å². The number of hydrogen-bond acceptors (Lipinski definition) is 4. The van der Waals surface area contributed by atoms with E-state index in [9.17, 15) is 18.0 Å². The van der Waals surface area contributed by atoms with E-state index in [0.29, 0.717) is 22.7 Å². The summed E-state index contributed by atoms with van der Waals surface area (Å²) >= 11 is 6.47. The molecule has 0 heterocycles. The largest absolute Gasteiger partial charge is 0.352 e. The van der Waals surface area contributed by atoms with E-state index in [0.717, 1.165) is 26.6 Å². The second-order valence-electron chi connectivity index (χ2n) is 11.7. The van der Waals surface area contributed by atoms with Crippen LogP contribution in [0.1, 0.15) is 48.1 Å². The number of aryl methyl sites for hydroxylation is 2. The highest BCUT2D eigenvalue weighted by molar-refractivity contribution is 7.92. The zero-order valence-corrected chi connectivity index (χ0v) is 28.6. The van der Waals surface area contributed by atoms with E-state index in [2.05, 4.69) is 5.32 Å². The lowest BCUT2D eigenvalue weighted by Gasteiger charge is -2.34. The smallest absolute Gasteiger partial charge is 0.264 e. The van der Waals surface area contributed by atoms with Gasteiger partial charge in [-0.25, -0.2) is 8.42 Å². The molecule has 0 spiro atoms. The summed E-state index contributed by atoms with van der Waals surface area (Å²) in [5, 5.41) is 3.44. The number of hydrogen-bond donors (Lipinski definition) is 1. The third kappa shape index (κ3) is 8.56. The minimum atomic E-state index is -4.22. The number of carbonyl (C=O) groups is 2. The van der Waals surface area contributed by atoms with Crippen LogP contribution < -0.4 is 9.62 Å². The number of amides is 2. The van der Waals surface area contributed by atoms with Crippen LogP contribution in [0, 0.1) is 20.8 Å². The molecule has 9 heteroatoms. The highest BCUT2D eigenvalue weighted by Crippen LogP contribution is 2.31. The Balaban J connectivity index is 1.83. The molecule has 2 atom stereocenters. The van der Waals surface area contributed by atoms with E-state index in [1.807, 2.05) is 82.3 Å². The summed E-state index contributed by atoms with van der Waals surface area (Å²) in [6, 6.07) is 27.7. The maximum Gasteiger partial charge on any atom is 0.264 e. The lowest BCUT2D eigenvalue weighted by molar-refractivity contribution is -0.140. The minimum absolute atomic E-state index is 0.0470. The van der Waals surface area contributed by atoms with Gasteiger partial charge in [0.2, 0.25) is 11.8 Å². The van der Waals surface area contributed by atoms with E-state index in [1.165, 1.54) is 17.0 Å². The molecule has 4 aromatic carbocycles. The second kappa shape index (κ2) is 15.4. The molecule has 0 fully saturated rings. The van der Waals surface area contributed by atoms with Gasteiger partial charge >= 0.3 is 0 Å². The van der Waals surface area contributed by atoms with E-state index in [4.69, 9.17) is 11.6 Å². The molecule has 0 bridgehead atoms. The first kappa shape index (κ1) is 34.7. The van der Waals surface area contributed by atoms with Gasteiger partial charge in [0.25, 0.3) is 10.0 Å². The first-order valence-electron chi connectivity index (χ1n) is 15.4. The highest BCUT2D eigenvalue weighted by atomic mass is 35.5. The van der Waals surface area contributed by atoms with Crippen molar-refractivity contribution in [2.75, 3.05) is 10.8 Å². The molecule has 0 radical (unpaired) electrons. The Morgan fingerprint density at radius 2 is 1.41 bits per heavy atom. The molecule has 2 amide bonds. The van der Waals surface area contributed by atoms with Crippen LogP contribution >= 0.6 is 11.6 Å². The third-order valence-electron chi connectivity index (χ3n) is 8.14. The number of rotatable bonds is 13. The summed E-state index contributed by atoms with van der Waals surface area (Å²) in [5.74, 6) is -0.818. The average Bonchev–Trinajstić information content (AvgIpc) is 3.04. The molecule has 4 aromatic rings. The van der Waals surface area contributed by atoms with Gasteiger partial charge in [-0.1, -0.05) is 102 Å². The summed E-state index contributed by atoms with van der Waals surface area (Å²) in [6.45, 7) is 9.05. The molecule has 46 heavy (non-hydrogen) atoms. The van der Waals surface area contributed by atoms with Crippen molar-refractivity contribution in [3.05, 3.63) is 130 Å². The molecular weight excluding hydrogens is 618 g/mol. The maximum absolute atomic E-state index is 14.6. The molecule has 0 unspecified atom stereocenters. The highest BCUT2D eigenvalue weighted by Gasteiger charge is 2.35. The van der Waals surface area contributed by atoms with Crippen molar-refractivity contribution in [1.29, 1.82) is 0 Å². The normalized spacial score (nSPS) is 12.7. The number of nitrogens with one attached hydrogen (secondary N) is 1. The third-order valence-corrected chi connectivity index (χ3v) is 10.3. The Kier molecular flexibility index (Phi) is 11.7. The molecule has 242 valence electrons. The van der Waals surface area contributed by atoms with Gasteiger partial charge in [-0.3, -0.25) is 13.9 Å². The lowest BCUT2D eigenvalue weighted by Crippen LogP contribution is -2.54. The van der Waals surface area contributed by atoms with Crippen LogP contribution in [-0.4, -0.2) is 43.8 Å². The van der Waals surface area contributed by atoms with Crippen LogP contribution in [0.4, 0.5) is 5.69 Å². The van der Waals surface area contributed by atoms with Crippen molar-refractivity contribution < 1.29 is 18.0 Å². The fourth-order valence-corrected chi connectivity index (χ4v) is 6.74. The van der Waals surface area contributed by atoms with Crippen molar-refractivity contribution >= 4 is 39.1 Å². The summed E-state index contributed by atoms with van der Waals surface area (Å²) in [4.78, 5) is 30.1. The molecule has 0 aliphatic carbocycles. The number of anilines is 1. The summed E-state index contributed by atoms with van der Waals surface area (Å²) < 4.78 is 29.7. The first-order chi connectivity index (χ1) is 21.9. The molecule has 0 saturated carbocycles. The maximum atomic E-state index is 14.6. The number of carbonyl (C=O) groups excluding carboxylic acids is 2. The van der Waals surface area contributed by atoms with E-state index < -0.39 is 28.5 Å². The topological polar surface area (TPSA) is 86.8 Å². The van der Waals surface area contributed by atoms with Crippen molar-refractivity contribution in [3.63, 3.8) is 0 Å². The second-order valence-corrected chi connectivity index (χ2v) is 14.0. The predicted molar refractivity (Wildman–Crippen MR) is 185 cm³/mol. The standard InChI is InChI=1S/C37H42ClN3O4S/c1-6-28(4)39-37(43)35(23-30-11-8-7-9-12-30)40(24-31-19-15-26(2)16-20-31)36(42)25-41(34-14-10-13-33(38)29(34)5)46(44,45)32-21-17-27(3)18-22-32/h7-22,28,35H,6,23-25H2,1-5H3,(H,39,43)/t28-,35-/m0/s1. The molecule has 0 aliphatic rings. The molecule has 1 N–H and O–H groups in total. The quantitative estimate of drug-likeness (QED) is 0.167. The Morgan fingerprint density at radius 1 is 0.804 bits per heavy atom. The summed E-state index contributed by atoms with van der Waals surface area (Å²) in [5.41, 5.74) is 4.47. The van der Waals surface area contributed by atoms with Gasteiger partial charge < -0.3 is 10.2 Å². The molecule has 0 aromatic heterocycles. The van der Waals surface area contributed by atoms with E-state index >= 15 is 0 Å². The first-order valence-corrected chi connectivity index (χ1v) is 17.3. The molecular formula is C37H42ClN3O4S.